The second-order valence-electron chi connectivity index (χ2n) is 1.88. The molecule has 3 nitrogen and oxygen atoms in total. The fourth-order valence-corrected chi connectivity index (χ4v) is 1.08. The highest BCUT2D eigenvalue weighted by molar-refractivity contribution is 7.90. The maximum atomic E-state index is 10.4. The summed E-state index contributed by atoms with van der Waals surface area (Å²) in [5.74, 6) is 0.0856. The van der Waals surface area contributed by atoms with Crippen molar-refractivity contribution in [3.05, 3.63) is 0 Å². The fourth-order valence-electron chi connectivity index (χ4n) is 0.407. The minimum absolute atomic E-state index is 0.0856. The smallest absolute Gasteiger partial charge is 0.198 e. The Kier molecular flexibility index (Phi) is 3.46. The summed E-state index contributed by atoms with van der Waals surface area (Å²) in [5, 5.41) is 0. The largest absolute Gasteiger partial charge is 0.291 e. The van der Waals surface area contributed by atoms with Crippen LogP contribution < -0.4 is 0 Å². The average molecular weight is 149 g/mol. The van der Waals surface area contributed by atoms with Crippen LogP contribution in [0.1, 0.15) is 12.8 Å². The fraction of sp³-hybridized carbons (Fsp3) is 0.800. The quantitative estimate of drug-likeness (QED) is 0.525. The van der Waals surface area contributed by atoms with E-state index in [4.69, 9.17) is 0 Å². The Labute approximate surface area is 55.0 Å². The minimum Gasteiger partial charge on any atom is -0.291 e. The van der Waals surface area contributed by atoms with E-state index in [0.29, 0.717) is 6.42 Å². The van der Waals surface area contributed by atoms with E-state index in [-0.39, 0.29) is 12.2 Å². The van der Waals surface area contributed by atoms with Crippen LogP contribution in [0, 0.1) is 0 Å². The molecule has 0 aliphatic carbocycles. The van der Waals surface area contributed by atoms with Crippen LogP contribution in [0.4, 0.5) is 0 Å². The maximum Gasteiger partial charge on any atom is 0.198 e. The summed E-state index contributed by atoms with van der Waals surface area (Å²) >= 11 is 0. The zero-order chi connectivity index (χ0) is 7.33. The number of hydrogen-bond donors (Lipinski definition) is 0. The molecular weight excluding hydrogens is 140 g/mol. The highest BCUT2D eigenvalue weighted by atomic mass is 32.2. The molecule has 0 saturated heterocycles. The van der Waals surface area contributed by atoms with Crippen LogP contribution in [-0.2, 0) is 14.6 Å². The van der Waals surface area contributed by atoms with Crippen LogP contribution in [0.2, 0.25) is 0 Å². The lowest BCUT2D eigenvalue weighted by Crippen LogP contribution is -2.02. The molecule has 0 spiro atoms. The predicted molar refractivity (Wildman–Crippen MR) is 34.6 cm³/mol. The van der Waals surface area contributed by atoms with Crippen molar-refractivity contribution in [2.45, 2.75) is 12.8 Å². The van der Waals surface area contributed by atoms with Crippen LogP contribution in [0.25, 0.3) is 0 Å². The minimum atomic E-state index is -2.88. The summed E-state index contributed by atoms with van der Waals surface area (Å²) in [5.41, 5.74) is 0. The zero-order valence-electron chi connectivity index (χ0n) is 5.25. The lowest BCUT2D eigenvalue weighted by molar-refractivity contribution is 0.550. The molecule has 0 fully saturated rings. The number of sulfone groups is 1. The van der Waals surface area contributed by atoms with Crippen molar-refractivity contribution in [3.8, 4) is 0 Å². The van der Waals surface area contributed by atoms with Gasteiger partial charge in [-0.05, 0) is 6.42 Å². The summed E-state index contributed by atoms with van der Waals surface area (Å²) in [4.78, 5) is 9.57. The number of hydrogen-bond acceptors (Lipinski definition) is 3. The normalized spacial score (nSPS) is 11.2. The first-order valence-electron chi connectivity index (χ1n) is 2.59. The van der Waals surface area contributed by atoms with Gasteiger partial charge in [0.1, 0.15) is 9.84 Å². The molecule has 4 heteroatoms. The predicted octanol–water partition coefficient (Wildman–Crippen LogP) is -0.0791. The molecule has 0 unspecified atom stereocenters. The molecular formula is C5H9O3S. The maximum absolute atomic E-state index is 10.4. The second kappa shape index (κ2) is 3.61. The lowest BCUT2D eigenvalue weighted by Gasteiger charge is -1.90. The van der Waals surface area contributed by atoms with Crippen LogP contribution in [-0.4, -0.2) is 26.7 Å². The molecule has 53 valence electrons. The van der Waals surface area contributed by atoms with Gasteiger partial charge in [-0.3, -0.25) is 4.79 Å². The third-order valence-electron chi connectivity index (χ3n) is 0.794. The Morgan fingerprint density at radius 3 is 2.33 bits per heavy atom. The van der Waals surface area contributed by atoms with E-state index in [9.17, 15) is 13.2 Å². The highest BCUT2D eigenvalue weighted by Crippen LogP contribution is 1.90. The third-order valence-corrected chi connectivity index (χ3v) is 1.82. The Morgan fingerprint density at radius 2 is 2.00 bits per heavy atom. The molecule has 0 aliphatic heterocycles. The van der Waals surface area contributed by atoms with Crippen molar-refractivity contribution in [1.29, 1.82) is 0 Å². The monoisotopic (exact) mass is 149 g/mol. The molecule has 0 aromatic carbocycles. The van der Waals surface area contributed by atoms with Gasteiger partial charge in [-0.2, -0.15) is 0 Å². The van der Waals surface area contributed by atoms with E-state index in [2.05, 4.69) is 0 Å². The van der Waals surface area contributed by atoms with E-state index in [1.54, 1.807) is 6.29 Å². The Morgan fingerprint density at radius 1 is 1.44 bits per heavy atom. The van der Waals surface area contributed by atoms with Crippen molar-refractivity contribution in [3.63, 3.8) is 0 Å². The van der Waals surface area contributed by atoms with Gasteiger partial charge in [-0.15, -0.1) is 0 Å². The number of unbranched alkanes of at least 4 members (excludes halogenated alkanes) is 1. The topological polar surface area (TPSA) is 51.2 Å². The van der Waals surface area contributed by atoms with Gasteiger partial charge >= 0.3 is 0 Å². The summed E-state index contributed by atoms with van der Waals surface area (Å²) in [7, 11) is -2.88. The molecule has 0 rings (SSSR count). The van der Waals surface area contributed by atoms with E-state index < -0.39 is 9.84 Å². The van der Waals surface area contributed by atoms with E-state index in [1.807, 2.05) is 0 Å². The summed E-state index contributed by atoms with van der Waals surface area (Å²) in [6, 6.07) is 0. The van der Waals surface area contributed by atoms with E-state index >= 15 is 0 Å². The first-order chi connectivity index (χ1) is 4.06. The molecule has 0 heterocycles. The Hall–Kier alpha value is -0.380. The molecule has 0 N–H and O–H groups in total. The zero-order valence-corrected chi connectivity index (χ0v) is 6.07. The van der Waals surface area contributed by atoms with E-state index in [0.717, 1.165) is 6.26 Å². The van der Waals surface area contributed by atoms with Crippen molar-refractivity contribution < 1.29 is 13.2 Å². The average Bonchev–Trinajstić information content (AvgIpc) is 1.63. The van der Waals surface area contributed by atoms with Crippen molar-refractivity contribution in [2.24, 2.45) is 0 Å². The lowest BCUT2D eigenvalue weighted by atomic mass is 10.4. The Balaban J connectivity index is 3.40. The third kappa shape index (κ3) is 7.62. The summed E-state index contributed by atoms with van der Waals surface area (Å²) in [6.45, 7) is 0. The van der Waals surface area contributed by atoms with Gasteiger partial charge in [0.25, 0.3) is 0 Å². The van der Waals surface area contributed by atoms with Crippen LogP contribution in [0.5, 0.6) is 0 Å². The molecule has 1 radical (unpaired) electrons. The van der Waals surface area contributed by atoms with Gasteiger partial charge in [0.15, 0.2) is 6.29 Å². The van der Waals surface area contributed by atoms with Gasteiger partial charge in [0.05, 0.1) is 5.75 Å². The molecule has 0 amide bonds. The van der Waals surface area contributed by atoms with Gasteiger partial charge in [-0.1, -0.05) is 0 Å². The van der Waals surface area contributed by atoms with Crippen molar-refractivity contribution in [1.82, 2.24) is 0 Å². The second-order valence-corrected chi connectivity index (χ2v) is 4.14. The standard InChI is InChI=1S/C5H9O3S/c1-9(7,8)5-3-2-4-6/h2-3,5H2,1H3. The number of rotatable bonds is 4. The van der Waals surface area contributed by atoms with Crippen molar-refractivity contribution >= 4 is 16.1 Å². The van der Waals surface area contributed by atoms with Gasteiger partial charge in [0.2, 0.25) is 0 Å². The molecule has 0 bridgehead atoms. The number of carbonyl (C=O) groups excluding carboxylic acids is 1. The molecule has 9 heavy (non-hydrogen) atoms. The molecule has 0 saturated carbocycles. The van der Waals surface area contributed by atoms with Gasteiger partial charge in [-0.25, -0.2) is 8.42 Å². The SMILES string of the molecule is CS(=O)(=O)CCC[C]=O. The van der Waals surface area contributed by atoms with Crippen molar-refractivity contribution in [2.75, 3.05) is 12.0 Å². The molecule has 0 atom stereocenters. The Bertz CT molecular complexity index is 169. The van der Waals surface area contributed by atoms with Crippen LogP contribution in [0.3, 0.4) is 0 Å². The molecule has 0 aromatic heterocycles. The molecule has 0 aromatic rings. The first-order valence-corrected chi connectivity index (χ1v) is 4.65. The molecule has 0 aliphatic rings. The van der Waals surface area contributed by atoms with Crippen LogP contribution in [0.15, 0.2) is 0 Å². The van der Waals surface area contributed by atoms with Crippen LogP contribution >= 0.6 is 0 Å². The summed E-state index contributed by atoms with van der Waals surface area (Å²) < 4.78 is 20.8. The van der Waals surface area contributed by atoms with Gasteiger partial charge < -0.3 is 0 Å². The summed E-state index contributed by atoms with van der Waals surface area (Å²) in [6.07, 6.45) is 3.38. The van der Waals surface area contributed by atoms with E-state index in [1.165, 1.54) is 0 Å². The highest BCUT2D eigenvalue weighted by Gasteiger charge is 1.99. The first kappa shape index (κ1) is 8.62. The van der Waals surface area contributed by atoms with Gasteiger partial charge in [0, 0.05) is 12.7 Å².